The fraction of sp³-hybridized carbons (Fsp3) is 0.381. The number of rotatable bonds is 5. The van der Waals surface area contributed by atoms with Crippen LogP contribution in [0.3, 0.4) is 0 Å². The van der Waals surface area contributed by atoms with Crippen LogP contribution in [0.4, 0.5) is 25.8 Å². The highest BCUT2D eigenvalue weighted by atomic mass is 19.1. The van der Waals surface area contributed by atoms with Crippen LogP contribution in [0.5, 0.6) is 0 Å². The first-order chi connectivity index (χ1) is 12.9. The molecule has 0 aliphatic carbocycles. The number of benzene rings is 2. The van der Waals surface area contributed by atoms with Gasteiger partial charge in [0.15, 0.2) is 0 Å². The van der Waals surface area contributed by atoms with E-state index >= 15 is 0 Å². The molecule has 1 aliphatic heterocycles. The number of hydrogen-bond acceptors (Lipinski definition) is 3. The second-order valence-electron chi connectivity index (χ2n) is 7.20. The van der Waals surface area contributed by atoms with Gasteiger partial charge in [0.25, 0.3) is 0 Å². The summed E-state index contributed by atoms with van der Waals surface area (Å²) >= 11 is 0. The summed E-state index contributed by atoms with van der Waals surface area (Å²) in [7, 11) is 0. The number of anilines is 3. The summed E-state index contributed by atoms with van der Waals surface area (Å²) in [5.41, 5.74) is 1.81. The van der Waals surface area contributed by atoms with E-state index in [1.165, 1.54) is 18.5 Å². The second kappa shape index (κ2) is 8.37. The Labute approximate surface area is 158 Å². The summed E-state index contributed by atoms with van der Waals surface area (Å²) in [6.45, 7) is 6.08. The maximum atomic E-state index is 13.7. The predicted molar refractivity (Wildman–Crippen MR) is 105 cm³/mol. The molecule has 2 N–H and O–H groups in total. The number of carbonyl (C=O) groups is 1. The molecule has 144 valence electrons. The summed E-state index contributed by atoms with van der Waals surface area (Å²) in [5.74, 6) is -0.926. The van der Waals surface area contributed by atoms with Crippen LogP contribution in [0, 0.1) is 17.6 Å². The molecule has 1 atom stereocenters. The molecule has 0 saturated carbocycles. The van der Waals surface area contributed by atoms with Gasteiger partial charge in [0.1, 0.15) is 17.7 Å². The molecular weight excluding hydrogens is 348 g/mol. The third-order valence-corrected chi connectivity index (χ3v) is 4.98. The highest BCUT2D eigenvalue weighted by Gasteiger charge is 2.17. The van der Waals surface area contributed by atoms with Crippen molar-refractivity contribution in [3.63, 3.8) is 0 Å². The predicted octanol–water partition coefficient (Wildman–Crippen LogP) is 4.64. The number of carbonyl (C=O) groups excluding carboxylic acids is 1. The summed E-state index contributed by atoms with van der Waals surface area (Å²) in [5, 5.41) is 5.50. The summed E-state index contributed by atoms with van der Waals surface area (Å²) in [6, 6.07) is 10.3. The van der Waals surface area contributed by atoms with E-state index in [-0.39, 0.29) is 5.69 Å². The molecule has 0 aromatic heterocycles. The average Bonchev–Trinajstić information content (AvgIpc) is 2.66. The van der Waals surface area contributed by atoms with E-state index in [0.29, 0.717) is 0 Å². The van der Waals surface area contributed by atoms with Crippen molar-refractivity contribution in [1.82, 2.24) is 0 Å². The minimum Gasteiger partial charge on any atom is -0.374 e. The minimum absolute atomic E-state index is 0.164. The molecule has 6 heteroatoms. The molecule has 27 heavy (non-hydrogen) atoms. The SMILES string of the molecule is CC1CCN(c2ccc(NC(C)C(=O)Nc3cc(F)ccc3F)cc2)CC1. The number of nitrogens with zero attached hydrogens (tertiary/aromatic N) is 1. The highest BCUT2D eigenvalue weighted by molar-refractivity contribution is 5.96. The van der Waals surface area contributed by atoms with Gasteiger partial charge in [0.2, 0.25) is 5.91 Å². The van der Waals surface area contributed by atoms with Crippen molar-refractivity contribution in [2.24, 2.45) is 5.92 Å². The van der Waals surface area contributed by atoms with Gasteiger partial charge in [-0.05, 0) is 62.1 Å². The number of nitrogens with one attached hydrogen (secondary N) is 2. The zero-order valence-corrected chi connectivity index (χ0v) is 15.6. The van der Waals surface area contributed by atoms with Gasteiger partial charge in [-0.25, -0.2) is 8.78 Å². The van der Waals surface area contributed by atoms with E-state index in [2.05, 4.69) is 22.5 Å². The van der Waals surface area contributed by atoms with Crippen LogP contribution in [-0.2, 0) is 4.79 Å². The van der Waals surface area contributed by atoms with E-state index in [0.717, 1.165) is 42.9 Å². The fourth-order valence-electron chi connectivity index (χ4n) is 3.19. The summed E-state index contributed by atoms with van der Waals surface area (Å²) < 4.78 is 26.9. The lowest BCUT2D eigenvalue weighted by molar-refractivity contribution is -0.116. The van der Waals surface area contributed by atoms with Crippen molar-refractivity contribution in [3.05, 3.63) is 54.1 Å². The van der Waals surface area contributed by atoms with Crippen molar-refractivity contribution in [3.8, 4) is 0 Å². The quantitative estimate of drug-likeness (QED) is 0.802. The number of halogens is 2. The van der Waals surface area contributed by atoms with Gasteiger partial charge >= 0.3 is 0 Å². The van der Waals surface area contributed by atoms with Gasteiger partial charge in [0.05, 0.1) is 5.69 Å². The Kier molecular flexibility index (Phi) is 5.94. The lowest BCUT2D eigenvalue weighted by Crippen LogP contribution is -2.33. The molecule has 0 bridgehead atoms. The molecule has 0 spiro atoms. The molecular formula is C21H25F2N3O. The van der Waals surface area contributed by atoms with Crippen molar-refractivity contribution < 1.29 is 13.6 Å². The first-order valence-corrected chi connectivity index (χ1v) is 9.30. The van der Waals surface area contributed by atoms with Gasteiger partial charge in [-0.1, -0.05) is 6.92 Å². The van der Waals surface area contributed by atoms with Crippen LogP contribution in [-0.4, -0.2) is 25.0 Å². The molecule has 1 unspecified atom stereocenters. The Morgan fingerprint density at radius 2 is 1.78 bits per heavy atom. The Morgan fingerprint density at radius 1 is 1.11 bits per heavy atom. The van der Waals surface area contributed by atoms with Crippen LogP contribution < -0.4 is 15.5 Å². The third-order valence-electron chi connectivity index (χ3n) is 4.98. The van der Waals surface area contributed by atoms with E-state index < -0.39 is 23.6 Å². The summed E-state index contributed by atoms with van der Waals surface area (Å²) in [6.07, 6.45) is 2.40. The molecule has 1 heterocycles. The lowest BCUT2D eigenvalue weighted by Gasteiger charge is -2.32. The van der Waals surface area contributed by atoms with E-state index in [1.807, 2.05) is 24.3 Å². The topological polar surface area (TPSA) is 44.4 Å². The molecule has 1 fully saturated rings. The van der Waals surface area contributed by atoms with Gasteiger partial charge in [0, 0.05) is 30.5 Å². The second-order valence-corrected chi connectivity index (χ2v) is 7.20. The lowest BCUT2D eigenvalue weighted by atomic mass is 9.99. The molecule has 1 amide bonds. The Morgan fingerprint density at radius 3 is 2.44 bits per heavy atom. The van der Waals surface area contributed by atoms with Gasteiger partial charge in [-0.15, -0.1) is 0 Å². The standard InChI is InChI=1S/C21H25F2N3O/c1-14-9-11-26(12-10-14)18-6-4-17(5-7-18)24-15(2)21(27)25-20-13-16(22)3-8-19(20)23/h3-8,13-15,24H,9-12H2,1-2H3,(H,25,27). The molecule has 3 rings (SSSR count). The van der Waals surface area contributed by atoms with Gasteiger partial charge in [-0.2, -0.15) is 0 Å². The maximum absolute atomic E-state index is 13.7. The van der Waals surface area contributed by atoms with Crippen LogP contribution in [0.2, 0.25) is 0 Å². The van der Waals surface area contributed by atoms with Crippen LogP contribution in [0.1, 0.15) is 26.7 Å². The minimum atomic E-state index is -0.669. The van der Waals surface area contributed by atoms with Crippen molar-refractivity contribution in [2.75, 3.05) is 28.6 Å². The maximum Gasteiger partial charge on any atom is 0.246 e. The molecule has 2 aromatic rings. The van der Waals surface area contributed by atoms with Crippen LogP contribution in [0.15, 0.2) is 42.5 Å². The van der Waals surface area contributed by atoms with Crippen molar-refractivity contribution >= 4 is 23.0 Å². The Bertz CT molecular complexity index is 787. The average molecular weight is 373 g/mol. The van der Waals surface area contributed by atoms with Crippen LogP contribution >= 0.6 is 0 Å². The number of amides is 1. The highest BCUT2D eigenvalue weighted by Crippen LogP contribution is 2.24. The van der Waals surface area contributed by atoms with Crippen molar-refractivity contribution in [2.45, 2.75) is 32.7 Å². The van der Waals surface area contributed by atoms with E-state index in [4.69, 9.17) is 0 Å². The van der Waals surface area contributed by atoms with Gasteiger partial charge < -0.3 is 15.5 Å². The molecule has 1 saturated heterocycles. The van der Waals surface area contributed by atoms with E-state index in [9.17, 15) is 13.6 Å². The number of hydrogen-bond donors (Lipinski definition) is 2. The largest absolute Gasteiger partial charge is 0.374 e. The van der Waals surface area contributed by atoms with Crippen molar-refractivity contribution in [1.29, 1.82) is 0 Å². The smallest absolute Gasteiger partial charge is 0.246 e. The fourth-order valence-corrected chi connectivity index (χ4v) is 3.19. The normalized spacial score (nSPS) is 16.1. The Balaban J connectivity index is 1.57. The summed E-state index contributed by atoms with van der Waals surface area (Å²) in [4.78, 5) is 14.6. The third kappa shape index (κ3) is 4.96. The zero-order valence-electron chi connectivity index (χ0n) is 15.6. The molecule has 2 aromatic carbocycles. The monoisotopic (exact) mass is 373 g/mol. The van der Waals surface area contributed by atoms with Crippen LogP contribution in [0.25, 0.3) is 0 Å². The first kappa shape index (κ1) is 19.1. The molecule has 0 radical (unpaired) electrons. The van der Waals surface area contributed by atoms with Gasteiger partial charge in [-0.3, -0.25) is 4.79 Å². The molecule has 4 nitrogen and oxygen atoms in total. The molecule has 1 aliphatic rings. The Hall–Kier alpha value is -2.63. The van der Waals surface area contributed by atoms with E-state index in [1.54, 1.807) is 6.92 Å². The number of piperidine rings is 1. The first-order valence-electron chi connectivity index (χ1n) is 9.30. The zero-order chi connectivity index (χ0) is 19.4.